The minimum atomic E-state index is -0.261. The van der Waals surface area contributed by atoms with E-state index in [9.17, 15) is 4.39 Å². The third kappa shape index (κ3) is 2.74. The summed E-state index contributed by atoms with van der Waals surface area (Å²) in [5.41, 5.74) is 3.48. The van der Waals surface area contributed by atoms with Crippen molar-refractivity contribution < 1.29 is 4.39 Å². The highest BCUT2D eigenvalue weighted by molar-refractivity contribution is 6.33. The number of hydrogen-bond acceptors (Lipinski definition) is 1. The molecule has 98 valence electrons. The predicted octanol–water partition coefficient (Wildman–Crippen LogP) is 4.45. The Labute approximate surface area is 117 Å². The molecular weight excluding hydrogens is 261 g/mol. The van der Waals surface area contributed by atoms with Crippen LogP contribution in [0.25, 0.3) is 0 Å². The number of halogens is 2. The van der Waals surface area contributed by atoms with Crippen molar-refractivity contribution >= 4 is 17.3 Å². The van der Waals surface area contributed by atoms with Crippen LogP contribution in [0.15, 0.2) is 42.5 Å². The summed E-state index contributed by atoms with van der Waals surface area (Å²) in [5, 5.41) is 3.93. The minimum absolute atomic E-state index is 0.261. The number of rotatable bonds is 2. The number of hydrogen-bond donors (Lipinski definition) is 1. The van der Waals surface area contributed by atoms with Gasteiger partial charge < -0.3 is 5.32 Å². The van der Waals surface area contributed by atoms with Gasteiger partial charge in [-0.05, 0) is 48.6 Å². The van der Waals surface area contributed by atoms with Gasteiger partial charge >= 0.3 is 0 Å². The summed E-state index contributed by atoms with van der Waals surface area (Å²) in [6.45, 7) is 0. The molecule has 1 N–H and O–H groups in total. The summed E-state index contributed by atoms with van der Waals surface area (Å²) in [5.74, 6) is -0.261. The Bertz CT molecular complexity index is 597. The Kier molecular flexibility index (Phi) is 3.43. The lowest BCUT2D eigenvalue weighted by Crippen LogP contribution is -2.27. The van der Waals surface area contributed by atoms with Crippen molar-refractivity contribution in [1.29, 1.82) is 0 Å². The minimum Gasteiger partial charge on any atom is -0.381 e. The molecule has 3 heteroatoms. The fourth-order valence-electron chi connectivity index (χ4n) is 2.65. The van der Waals surface area contributed by atoms with Crippen LogP contribution in [0.3, 0.4) is 0 Å². The fourth-order valence-corrected chi connectivity index (χ4v) is 2.82. The van der Waals surface area contributed by atoms with Crippen molar-refractivity contribution in [2.75, 3.05) is 5.32 Å². The van der Waals surface area contributed by atoms with Crippen LogP contribution in [0, 0.1) is 5.82 Å². The van der Waals surface area contributed by atoms with Crippen molar-refractivity contribution in [2.45, 2.75) is 25.3 Å². The molecule has 0 heterocycles. The number of aryl methyl sites for hydroxylation is 1. The second-order valence-corrected chi connectivity index (χ2v) is 5.38. The molecule has 1 unspecified atom stereocenters. The molecule has 0 amide bonds. The molecule has 0 radical (unpaired) electrons. The first-order valence-corrected chi connectivity index (χ1v) is 6.88. The van der Waals surface area contributed by atoms with Crippen LogP contribution >= 0.6 is 11.6 Å². The molecule has 1 atom stereocenters. The van der Waals surface area contributed by atoms with Gasteiger partial charge in [0, 0.05) is 6.04 Å². The predicted molar refractivity (Wildman–Crippen MR) is 77.3 cm³/mol. The van der Waals surface area contributed by atoms with E-state index in [2.05, 4.69) is 29.6 Å². The standard InChI is InChI=1S/C16H15ClFN/c17-15-8-6-13(18)10-16(15)19-14-7-5-11-3-1-2-4-12(11)9-14/h1-4,6,8,10,14,19H,5,7,9H2. The smallest absolute Gasteiger partial charge is 0.125 e. The van der Waals surface area contributed by atoms with E-state index in [4.69, 9.17) is 11.6 Å². The molecule has 0 fully saturated rings. The van der Waals surface area contributed by atoms with E-state index in [-0.39, 0.29) is 5.82 Å². The van der Waals surface area contributed by atoms with Crippen molar-refractivity contribution in [2.24, 2.45) is 0 Å². The maximum absolute atomic E-state index is 13.2. The lowest BCUT2D eigenvalue weighted by Gasteiger charge is -2.26. The molecule has 0 spiro atoms. The van der Waals surface area contributed by atoms with Gasteiger partial charge in [-0.15, -0.1) is 0 Å². The van der Waals surface area contributed by atoms with Gasteiger partial charge in [0.1, 0.15) is 5.82 Å². The van der Waals surface area contributed by atoms with Crippen molar-refractivity contribution in [3.05, 3.63) is 64.4 Å². The SMILES string of the molecule is Fc1ccc(Cl)c(NC2CCc3ccccc3C2)c1. The molecular formula is C16H15ClFN. The molecule has 2 aromatic rings. The average molecular weight is 276 g/mol. The van der Waals surface area contributed by atoms with Crippen LogP contribution in [0.4, 0.5) is 10.1 Å². The second-order valence-electron chi connectivity index (χ2n) is 4.98. The van der Waals surface area contributed by atoms with Gasteiger partial charge in [0.05, 0.1) is 10.7 Å². The van der Waals surface area contributed by atoms with Gasteiger partial charge in [0.25, 0.3) is 0 Å². The molecule has 0 saturated carbocycles. The van der Waals surface area contributed by atoms with E-state index in [1.165, 1.54) is 23.3 Å². The van der Waals surface area contributed by atoms with Crippen molar-refractivity contribution in [1.82, 2.24) is 0 Å². The maximum atomic E-state index is 13.2. The summed E-state index contributed by atoms with van der Waals surface area (Å²) in [7, 11) is 0. The quantitative estimate of drug-likeness (QED) is 0.854. The Hall–Kier alpha value is -1.54. The first kappa shape index (κ1) is 12.5. The lowest BCUT2D eigenvalue weighted by atomic mass is 9.88. The summed E-state index contributed by atoms with van der Waals surface area (Å²) in [6, 6.07) is 13.2. The highest BCUT2D eigenvalue weighted by Crippen LogP contribution is 2.27. The van der Waals surface area contributed by atoms with Crippen LogP contribution in [-0.2, 0) is 12.8 Å². The van der Waals surface area contributed by atoms with Crippen LogP contribution < -0.4 is 5.32 Å². The van der Waals surface area contributed by atoms with Crippen LogP contribution in [-0.4, -0.2) is 6.04 Å². The zero-order valence-corrected chi connectivity index (χ0v) is 11.3. The van der Waals surface area contributed by atoms with Crippen molar-refractivity contribution in [3.8, 4) is 0 Å². The molecule has 0 aromatic heterocycles. The topological polar surface area (TPSA) is 12.0 Å². The third-order valence-corrected chi connectivity index (χ3v) is 3.96. The summed E-state index contributed by atoms with van der Waals surface area (Å²) < 4.78 is 13.2. The van der Waals surface area contributed by atoms with Gasteiger partial charge in [-0.1, -0.05) is 35.9 Å². The lowest BCUT2D eigenvalue weighted by molar-refractivity contribution is 0.606. The Balaban J connectivity index is 1.77. The van der Waals surface area contributed by atoms with Gasteiger partial charge in [-0.2, -0.15) is 0 Å². The first-order valence-electron chi connectivity index (χ1n) is 6.51. The van der Waals surface area contributed by atoms with Gasteiger partial charge in [0.15, 0.2) is 0 Å². The fraction of sp³-hybridized carbons (Fsp3) is 0.250. The number of anilines is 1. The summed E-state index contributed by atoms with van der Waals surface area (Å²) in [4.78, 5) is 0. The van der Waals surface area contributed by atoms with E-state index in [1.807, 2.05) is 0 Å². The second kappa shape index (κ2) is 5.22. The summed E-state index contributed by atoms with van der Waals surface area (Å²) in [6.07, 6.45) is 3.06. The Morgan fingerprint density at radius 1 is 1.11 bits per heavy atom. The highest BCUT2D eigenvalue weighted by Gasteiger charge is 2.18. The highest BCUT2D eigenvalue weighted by atomic mass is 35.5. The first-order chi connectivity index (χ1) is 9.22. The molecule has 1 nitrogen and oxygen atoms in total. The maximum Gasteiger partial charge on any atom is 0.125 e. The monoisotopic (exact) mass is 275 g/mol. The summed E-state index contributed by atoms with van der Waals surface area (Å²) >= 11 is 6.09. The normalized spacial score (nSPS) is 17.9. The molecule has 3 rings (SSSR count). The zero-order valence-electron chi connectivity index (χ0n) is 10.5. The van der Waals surface area contributed by atoms with E-state index >= 15 is 0 Å². The number of nitrogens with one attached hydrogen (secondary N) is 1. The molecule has 2 aromatic carbocycles. The Morgan fingerprint density at radius 3 is 2.74 bits per heavy atom. The molecule has 0 aliphatic heterocycles. The van der Waals surface area contributed by atoms with Gasteiger partial charge in [0.2, 0.25) is 0 Å². The number of fused-ring (bicyclic) bond motifs is 1. The largest absolute Gasteiger partial charge is 0.381 e. The molecule has 19 heavy (non-hydrogen) atoms. The van der Waals surface area contributed by atoms with Crippen LogP contribution in [0.5, 0.6) is 0 Å². The molecule has 1 aliphatic rings. The van der Waals surface area contributed by atoms with E-state index < -0.39 is 0 Å². The van der Waals surface area contributed by atoms with E-state index in [0.29, 0.717) is 16.8 Å². The molecule has 0 bridgehead atoms. The third-order valence-electron chi connectivity index (χ3n) is 3.63. The van der Waals surface area contributed by atoms with Gasteiger partial charge in [-0.25, -0.2) is 4.39 Å². The van der Waals surface area contributed by atoms with Crippen LogP contribution in [0.2, 0.25) is 5.02 Å². The zero-order chi connectivity index (χ0) is 13.2. The molecule has 0 saturated heterocycles. The van der Waals surface area contributed by atoms with Gasteiger partial charge in [-0.3, -0.25) is 0 Å². The average Bonchev–Trinajstić information content (AvgIpc) is 2.43. The van der Waals surface area contributed by atoms with Crippen molar-refractivity contribution in [3.63, 3.8) is 0 Å². The Morgan fingerprint density at radius 2 is 1.89 bits per heavy atom. The van der Waals surface area contributed by atoms with Crippen LogP contribution in [0.1, 0.15) is 17.5 Å². The van der Waals surface area contributed by atoms with E-state index in [0.717, 1.165) is 19.3 Å². The molecule has 1 aliphatic carbocycles. The number of benzene rings is 2. The van der Waals surface area contributed by atoms with E-state index in [1.54, 1.807) is 6.07 Å².